The van der Waals surface area contributed by atoms with E-state index < -0.39 is 0 Å². The minimum Gasteiger partial charge on any atom is -0.493 e. The molecule has 1 heterocycles. The first-order valence-corrected chi connectivity index (χ1v) is 5.18. The summed E-state index contributed by atoms with van der Waals surface area (Å²) < 4.78 is 10.9. The fourth-order valence-electron chi connectivity index (χ4n) is 1.66. The molecule has 0 aliphatic carbocycles. The number of hydrogen-bond acceptors (Lipinski definition) is 3. The van der Waals surface area contributed by atoms with E-state index in [0.29, 0.717) is 22.8 Å². The smallest absolute Gasteiger partial charge is 0.177 e. The van der Waals surface area contributed by atoms with E-state index in [2.05, 4.69) is 19.9 Å². The fraction of sp³-hybridized carbons (Fsp3) is 0.308. The molecule has 16 heavy (non-hydrogen) atoms. The molecule has 0 radical (unpaired) electrons. The average Bonchev–Trinajstić information content (AvgIpc) is 2.72. The van der Waals surface area contributed by atoms with Gasteiger partial charge in [0.2, 0.25) is 0 Å². The van der Waals surface area contributed by atoms with Crippen LogP contribution in [-0.2, 0) is 0 Å². The van der Waals surface area contributed by atoms with Gasteiger partial charge in [0.1, 0.15) is 5.76 Å². The highest BCUT2D eigenvalue weighted by atomic mass is 16.5. The first-order valence-electron chi connectivity index (χ1n) is 5.18. The molecule has 1 aromatic carbocycles. The number of nitriles is 1. The van der Waals surface area contributed by atoms with Crippen molar-refractivity contribution in [2.24, 2.45) is 0 Å². The minimum absolute atomic E-state index is 0.295. The Kier molecular flexibility index (Phi) is 2.57. The van der Waals surface area contributed by atoms with Gasteiger partial charge in [-0.1, -0.05) is 13.8 Å². The van der Waals surface area contributed by atoms with Gasteiger partial charge < -0.3 is 9.15 Å². The third-order valence-corrected chi connectivity index (χ3v) is 2.58. The van der Waals surface area contributed by atoms with Crippen molar-refractivity contribution in [3.05, 3.63) is 29.5 Å². The number of nitrogens with zero attached hydrogens (tertiary/aromatic N) is 1. The van der Waals surface area contributed by atoms with E-state index in [1.807, 2.05) is 6.07 Å². The van der Waals surface area contributed by atoms with Crippen molar-refractivity contribution in [1.29, 1.82) is 5.26 Å². The van der Waals surface area contributed by atoms with Crippen LogP contribution in [0, 0.1) is 11.3 Å². The molecule has 0 spiro atoms. The van der Waals surface area contributed by atoms with E-state index in [-0.39, 0.29) is 0 Å². The van der Waals surface area contributed by atoms with Crippen LogP contribution in [0.25, 0.3) is 11.0 Å². The van der Waals surface area contributed by atoms with Gasteiger partial charge >= 0.3 is 0 Å². The maximum Gasteiger partial charge on any atom is 0.177 e. The van der Waals surface area contributed by atoms with Crippen LogP contribution < -0.4 is 4.74 Å². The molecule has 0 bridgehead atoms. The van der Waals surface area contributed by atoms with Gasteiger partial charge in [0, 0.05) is 11.3 Å². The van der Waals surface area contributed by atoms with Crippen molar-refractivity contribution in [2.75, 3.05) is 7.11 Å². The monoisotopic (exact) mass is 215 g/mol. The molecule has 2 rings (SSSR count). The van der Waals surface area contributed by atoms with Crippen molar-refractivity contribution < 1.29 is 9.15 Å². The van der Waals surface area contributed by atoms with Crippen LogP contribution in [0.2, 0.25) is 0 Å². The largest absolute Gasteiger partial charge is 0.493 e. The van der Waals surface area contributed by atoms with Gasteiger partial charge in [-0.25, -0.2) is 0 Å². The molecule has 82 valence electrons. The number of ether oxygens (including phenoxy) is 1. The highest BCUT2D eigenvalue weighted by Crippen LogP contribution is 2.33. The van der Waals surface area contributed by atoms with Crippen molar-refractivity contribution in [2.45, 2.75) is 19.8 Å². The minimum atomic E-state index is 0.295. The highest BCUT2D eigenvalue weighted by Gasteiger charge is 2.14. The number of methoxy groups -OCH3 is 1. The summed E-state index contributed by atoms with van der Waals surface area (Å²) in [4.78, 5) is 0. The van der Waals surface area contributed by atoms with E-state index in [9.17, 15) is 0 Å². The quantitative estimate of drug-likeness (QED) is 0.770. The van der Waals surface area contributed by atoms with Crippen LogP contribution in [0.5, 0.6) is 5.75 Å². The molecule has 1 aromatic heterocycles. The Labute approximate surface area is 94.2 Å². The molecule has 2 aromatic rings. The molecule has 0 saturated carbocycles. The molecule has 0 N–H and O–H groups in total. The maximum atomic E-state index is 9.01. The summed E-state index contributed by atoms with van der Waals surface area (Å²) in [6.45, 7) is 4.10. The van der Waals surface area contributed by atoms with Crippen LogP contribution >= 0.6 is 0 Å². The van der Waals surface area contributed by atoms with E-state index >= 15 is 0 Å². The van der Waals surface area contributed by atoms with E-state index in [1.165, 1.54) is 0 Å². The predicted molar refractivity (Wildman–Crippen MR) is 61.6 cm³/mol. The zero-order chi connectivity index (χ0) is 11.7. The standard InChI is InChI=1S/C13H13NO2/c1-8(2)12-6-10-9(7-14)4-5-11(15-3)13(10)16-12/h4-6,8H,1-3H3. The summed E-state index contributed by atoms with van der Waals surface area (Å²) in [5, 5.41) is 9.84. The lowest BCUT2D eigenvalue weighted by atomic mass is 10.1. The second-order valence-electron chi connectivity index (χ2n) is 3.97. The molecule has 0 atom stereocenters. The summed E-state index contributed by atoms with van der Waals surface area (Å²) in [7, 11) is 1.60. The van der Waals surface area contributed by atoms with Crippen molar-refractivity contribution in [3.8, 4) is 11.8 Å². The van der Waals surface area contributed by atoms with Crippen molar-refractivity contribution >= 4 is 11.0 Å². The first kappa shape index (κ1) is 10.6. The van der Waals surface area contributed by atoms with E-state index in [1.54, 1.807) is 19.2 Å². The van der Waals surface area contributed by atoms with Gasteiger partial charge in [-0.3, -0.25) is 0 Å². The van der Waals surface area contributed by atoms with Gasteiger partial charge in [0.25, 0.3) is 0 Å². The van der Waals surface area contributed by atoms with Crippen molar-refractivity contribution in [3.63, 3.8) is 0 Å². The number of rotatable bonds is 2. The second-order valence-corrected chi connectivity index (χ2v) is 3.97. The molecule has 0 amide bonds. The fourth-order valence-corrected chi connectivity index (χ4v) is 1.66. The Morgan fingerprint density at radius 2 is 2.12 bits per heavy atom. The molecule has 0 aliphatic heterocycles. The number of fused-ring (bicyclic) bond motifs is 1. The Morgan fingerprint density at radius 3 is 2.69 bits per heavy atom. The molecule has 3 nitrogen and oxygen atoms in total. The lowest BCUT2D eigenvalue weighted by molar-refractivity contribution is 0.406. The Morgan fingerprint density at radius 1 is 1.38 bits per heavy atom. The molecule has 0 unspecified atom stereocenters. The number of hydrogen-bond donors (Lipinski definition) is 0. The van der Waals surface area contributed by atoms with Crippen molar-refractivity contribution in [1.82, 2.24) is 0 Å². The molecule has 0 fully saturated rings. The molecule has 3 heteroatoms. The molecule has 0 aliphatic rings. The summed E-state index contributed by atoms with van der Waals surface area (Å²) in [5.74, 6) is 1.83. The summed E-state index contributed by atoms with van der Waals surface area (Å²) in [6, 6.07) is 7.58. The Bertz CT molecular complexity index is 561. The molecule has 0 saturated heterocycles. The van der Waals surface area contributed by atoms with E-state index in [4.69, 9.17) is 14.4 Å². The summed E-state index contributed by atoms with van der Waals surface area (Å²) >= 11 is 0. The average molecular weight is 215 g/mol. The van der Waals surface area contributed by atoms with E-state index in [0.717, 1.165) is 11.1 Å². The highest BCUT2D eigenvalue weighted by molar-refractivity contribution is 5.89. The summed E-state index contributed by atoms with van der Waals surface area (Å²) in [5.41, 5.74) is 1.27. The number of benzene rings is 1. The lowest BCUT2D eigenvalue weighted by Crippen LogP contribution is -1.84. The third-order valence-electron chi connectivity index (χ3n) is 2.58. The topological polar surface area (TPSA) is 46.2 Å². The molecular weight excluding hydrogens is 202 g/mol. The van der Waals surface area contributed by atoms with Crippen LogP contribution in [0.1, 0.15) is 31.1 Å². The zero-order valence-corrected chi connectivity index (χ0v) is 9.57. The van der Waals surface area contributed by atoms with Crippen LogP contribution in [-0.4, -0.2) is 7.11 Å². The Hall–Kier alpha value is -1.95. The Balaban J connectivity index is 2.76. The van der Waals surface area contributed by atoms with Crippen LogP contribution in [0.4, 0.5) is 0 Å². The van der Waals surface area contributed by atoms with Crippen LogP contribution in [0.15, 0.2) is 22.6 Å². The number of furan rings is 1. The van der Waals surface area contributed by atoms with Crippen LogP contribution in [0.3, 0.4) is 0 Å². The predicted octanol–water partition coefficient (Wildman–Crippen LogP) is 3.44. The van der Waals surface area contributed by atoms with Gasteiger partial charge in [-0.05, 0) is 18.2 Å². The lowest BCUT2D eigenvalue weighted by Gasteiger charge is -2.01. The van der Waals surface area contributed by atoms with Gasteiger partial charge in [-0.15, -0.1) is 0 Å². The van der Waals surface area contributed by atoms with Gasteiger partial charge in [-0.2, -0.15) is 5.26 Å². The van der Waals surface area contributed by atoms with Gasteiger partial charge in [0.15, 0.2) is 11.3 Å². The first-order chi connectivity index (χ1) is 7.67. The summed E-state index contributed by atoms with van der Waals surface area (Å²) in [6.07, 6.45) is 0. The SMILES string of the molecule is COc1ccc(C#N)c2cc(C(C)C)oc12. The third kappa shape index (κ3) is 1.53. The maximum absolute atomic E-state index is 9.01. The molecular formula is C13H13NO2. The normalized spacial score (nSPS) is 10.7. The second kappa shape index (κ2) is 3.90. The zero-order valence-electron chi connectivity index (χ0n) is 9.57. The van der Waals surface area contributed by atoms with Gasteiger partial charge in [0.05, 0.1) is 18.7 Å².